The summed E-state index contributed by atoms with van der Waals surface area (Å²) < 4.78 is 0. The number of carbonyl (C=O) groups excluding carboxylic acids is 1. The first-order valence-corrected chi connectivity index (χ1v) is 7.84. The molecule has 0 saturated carbocycles. The average molecular weight is 325 g/mol. The molecule has 3 atom stereocenters. The van der Waals surface area contributed by atoms with Gasteiger partial charge in [-0.2, -0.15) is 0 Å². The Bertz CT molecular complexity index is 511. The highest BCUT2D eigenvalue weighted by atomic mass is 35.5. The maximum atomic E-state index is 12.6. The standard InChI is InChI=1S/C17H24N2O2.ClH/c1-17(13-6-3-2-4-7-13)8-5-9-19(12-17)16(21)15-10-14(20)11-18-15;/h2-4,6-7,14-15,18,20H,5,8-12H2,1H3;1H. The van der Waals surface area contributed by atoms with Gasteiger partial charge in [0.15, 0.2) is 0 Å². The minimum absolute atomic E-state index is 0. The summed E-state index contributed by atoms with van der Waals surface area (Å²) in [6.07, 6.45) is 2.30. The largest absolute Gasteiger partial charge is 0.392 e. The van der Waals surface area contributed by atoms with E-state index in [0.29, 0.717) is 13.0 Å². The Morgan fingerprint density at radius 2 is 2.09 bits per heavy atom. The van der Waals surface area contributed by atoms with Crippen LogP contribution in [0.5, 0.6) is 0 Å². The quantitative estimate of drug-likeness (QED) is 0.871. The zero-order chi connectivity index (χ0) is 14.9. The Kier molecular flexibility index (Phi) is 5.48. The van der Waals surface area contributed by atoms with Crippen molar-refractivity contribution in [3.63, 3.8) is 0 Å². The van der Waals surface area contributed by atoms with Crippen molar-refractivity contribution in [2.45, 2.75) is 43.7 Å². The molecule has 0 aliphatic carbocycles. The minimum atomic E-state index is -0.385. The number of halogens is 1. The van der Waals surface area contributed by atoms with E-state index >= 15 is 0 Å². The summed E-state index contributed by atoms with van der Waals surface area (Å²) in [7, 11) is 0. The van der Waals surface area contributed by atoms with Crippen LogP contribution >= 0.6 is 12.4 Å². The molecular weight excluding hydrogens is 300 g/mol. The van der Waals surface area contributed by atoms with Crippen LogP contribution in [-0.4, -0.2) is 47.7 Å². The number of amides is 1. The number of aliphatic hydroxyl groups is 1. The van der Waals surface area contributed by atoms with E-state index in [1.54, 1.807) is 0 Å². The summed E-state index contributed by atoms with van der Waals surface area (Å²) in [5, 5.41) is 12.7. The lowest BCUT2D eigenvalue weighted by molar-refractivity contribution is -0.135. The van der Waals surface area contributed by atoms with Gasteiger partial charge in [0.2, 0.25) is 5.91 Å². The third-order valence-electron chi connectivity index (χ3n) is 4.88. The molecule has 0 radical (unpaired) electrons. The average Bonchev–Trinajstić information content (AvgIpc) is 2.94. The summed E-state index contributed by atoms with van der Waals surface area (Å²) in [5.74, 6) is 0.147. The van der Waals surface area contributed by atoms with E-state index in [1.165, 1.54) is 5.56 Å². The number of carbonyl (C=O) groups is 1. The van der Waals surface area contributed by atoms with E-state index in [9.17, 15) is 9.90 Å². The number of nitrogens with zero attached hydrogens (tertiary/aromatic N) is 1. The Morgan fingerprint density at radius 3 is 2.73 bits per heavy atom. The van der Waals surface area contributed by atoms with Gasteiger partial charge in [0.1, 0.15) is 0 Å². The van der Waals surface area contributed by atoms with Crippen molar-refractivity contribution in [2.24, 2.45) is 0 Å². The number of likely N-dealkylation sites (tertiary alicyclic amines) is 1. The van der Waals surface area contributed by atoms with E-state index < -0.39 is 0 Å². The Morgan fingerprint density at radius 1 is 1.36 bits per heavy atom. The molecule has 2 aliphatic rings. The van der Waals surface area contributed by atoms with Crippen LogP contribution < -0.4 is 5.32 Å². The summed E-state index contributed by atoms with van der Waals surface area (Å²) in [6, 6.07) is 10.3. The van der Waals surface area contributed by atoms with E-state index in [-0.39, 0.29) is 35.9 Å². The molecule has 0 bridgehead atoms. The van der Waals surface area contributed by atoms with Crippen LogP contribution in [0.25, 0.3) is 0 Å². The number of nitrogens with one attached hydrogen (secondary N) is 1. The van der Waals surface area contributed by atoms with E-state index in [1.807, 2.05) is 11.0 Å². The molecule has 1 amide bonds. The summed E-state index contributed by atoms with van der Waals surface area (Å²) >= 11 is 0. The van der Waals surface area contributed by atoms with Crippen LogP contribution in [0, 0.1) is 0 Å². The molecule has 3 unspecified atom stereocenters. The van der Waals surface area contributed by atoms with Gasteiger partial charge in [-0.1, -0.05) is 37.3 Å². The normalized spacial score (nSPS) is 31.6. The maximum Gasteiger partial charge on any atom is 0.239 e. The summed E-state index contributed by atoms with van der Waals surface area (Å²) in [4.78, 5) is 14.6. The molecule has 4 nitrogen and oxygen atoms in total. The van der Waals surface area contributed by atoms with E-state index in [0.717, 1.165) is 25.9 Å². The van der Waals surface area contributed by atoms with Gasteiger partial charge in [-0.05, 0) is 24.8 Å². The zero-order valence-electron chi connectivity index (χ0n) is 13.0. The highest BCUT2D eigenvalue weighted by molar-refractivity contribution is 5.85. The van der Waals surface area contributed by atoms with Gasteiger partial charge in [-0.25, -0.2) is 0 Å². The lowest BCUT2D eigenvalue weighted by atomic mass is 9.76. The third-order valence-corrected chi connectivity index (χ3v) is 4.88. The molecule has 3 rings (SSSR count). The number of β-amino-alcohol motifs (C(OH)–C–C–N with tert-alkyl or cyclic N) is 1. The van der Waals surface area contributed by atoms with Crippen molar-refractivity contribution in [2.75, 3.05) is 19.6 Å². The van der Waals surface area contributed by atoms with Crippen molar-refractivity contribution in [3.8, 4) is 0 Å². The minimum Gasteiger partial charge on any atom is -0.392 e. The predicted molar refractivity (Wildman–Crippen MR) is 89.3 cm³/mol. The van der Waals surface area contributed by atoms with Gasteiger partial charge in [0.25, 0.3) is 0 Å². The number of rotatable bonds is 2. The Hall–Kier alpha value is -1.10. The summed E-state index contributed by atoms with van der Waals surface area (Å²) in [5.41, 5.74) is 1.34. The highest BCUT2D eigenvalue weighted by Crippen LogP contribution is 2.34. The zero-order valence-corrected chi connectivity index (χ0v) is 13.8. The molecule has 22 heavy (non-hydrogen) atoms. The van der Waals surface area contributed by atoms with Gasteiger partial charge >= 0.3 is 0 Å². The third kappa shape index (κ3) is 3.45. The Labute approximate surface area is 138 Å². The van der Waals surface area contributed by atoms with Crippen LogP contribution in [0.3, 0.4) is 0 Å². The first kappa shape index (κ1) is 17.3. The monoisotopic (exact) mass is 324 g/mol. The van der Waals surface area contributed by atoms with Gasteiger partial charge < -0.3 is 15.3 Å². The fourth-order valence-corrected chi connectivity index (χ4v) is 3.63. The SMILES string of the molecule is CC1(c2ccccc2)CCCN(C(=O)C2CC(O)CN2)C1.Cl. The lowest BCUT2D eigenvalue weighted by Gasteiger charge is -2.41. The molecule has 1 aromatic carbocycles. The van der Waals surface area contributed by atoms with E-state index in [2.05, 4.69) is 36.5 Å². The van der Waals surface area contributed by atoms with Crippen LogP contribution in [-0.2, 0) is 10.2 Å². The van der Waals surface area contributed by atoms with Crippen LogP contribution in [0.1, 0.15) is 31.7 Å². The number of piperidine rings is 1. The molecule has 0 aromatic heterocycles. The molecule has 2 N–H and O–H groups in total. The van der Waals surface area contributed by atoms with Crippen molar-refractivity contribution in [1.82, 2.24) is 10.2 Å². The van der Waals surface area contributed by atoms with Gasteiger partial charge in [0, 0.05) is 25.0 Å². The molecule has 122 valence electrons. The molecular formula is C17H25ClN2O2. The first-order chi connectivity index (χ1) is 10.1. The molecule has 1 aromatic rings. The smallest absolute Gasteiger partial charge is 0.239 e. The molecule has 2 heterocycles. The second-order valence-electron chi connectivity index (χ2n) is 6.64. The van der Waals surface area contributed by atoms with Gasteiger partial charge in [0.05, 0.1) is 12.1 Å². The van der Waals surface area contributed by atoms with Crippen molar-refractivity contribution in [1.29, 1.82) is 0 Å². The summed E-state index contributed by atoms with van der Waals surface area (Å²) in [6.45, 7) is 4.37. The molecule has 0 spiro atoms. The van der Waals surface area contributed by atoms with Crippen molar-refractivity contribution >= 4 is 18.3 Å². The van der Waals surface area contributed by atoms with Crippen LogP contribution in [0.15, 0.2) is 30.3 Å². The van der Waals surface area contributed by atoms with Gasteiger partial charge in [-0.15, -0.1) is 12.4 Å². The maximum absolute atomic E-state index is 12.6. The number of hydrogen-bond donors (Lipinski definition) is 2. The molecule has 5 heteroatoms. The predicted octanol–water partition coefficient (Wildman–Crippen LogP) is 1.71. The van der Waals surface area contributed by atoms with Gasteiger partial charge in [-0.3, -0.25) is 4.79 Å². The van der Waals surface area contributed by atoms with E-state index in [4.69, 9.17) is 0 Å². The number of aliphatic hydroxyl groups excluding tert-OH is 1. The molecule has 2 saturated heterocycles. The first-order valence-electron chi connectivity index (χ1n) is 7.84. The fourth-order valence-electron chi connectivity index (χ4n) is 3.63. The van der Waals surface area contributed by atoms with Crippen molar-refractivity contribution < 1.29 is 9.90 Å². The van der Waals surface area contributed by atoms with Crippen molar-refractivity contribution in [3.05, 3.63) is 35.9 Å². The topological polar surface area (TPSA) is 52.6 Å². The highest BCUT2D eigenvalue weighted by Gasteiger charge is 2.38. The molecule has 2 fully saturated rings. The Balaban J connectivity index is 0.00000176. The van der Waals surface area contributed by atoms with Crippen LogP contribution in [0.2, 0.25) is 0 Å². The lowest BCUT2D eigenvalue weighted by Crippen LogP contribution is -2.52. The molecule has 2 aliphatic heterocycles. The number of hydrogen-bond acceptors (Lipinski definition) is 3. The second-order valence-corrected chi connectivity index (χ2v) is 6.64. The number of benzene rings is 1. The second kappa shape index (κ2) is 6.99. The fraction of sp³-hybridized carbons (Fsp3) is 0.588. The van der Waals surface area contributed by atoms with Crippen LogP contribution in [0.4, 0.5) is 0 Å².